The third kappa shape index (κ3) is 4.67. The molecule has 0 aliphatic carbocycles. The van der Waals surface area contributed by atoms with Gasteiger partial charge in [0.2, 0.25) is 5.95 Å². The van der Waals surface area contributed by atoms with Gasteiger partial charge < -0.3 is 29.4 Å². The van der Waals surface area contributed by atoms with Crippen LogP contribution in [0.5, 0.6) is 0 Å². The van der Waals surface area contributed by atoms with Crippen molar-refractivity contribution in [2.45, 2.75) is 38.8 Å². The Kier molecular flexibility index (Phi) is 6.31. The summed E-state index contributed by atoms with van der Waals surface area (Å²) in [6, 6.07) is 7.78. The van der Waals surface area contributed by atoms with Crippen LogP contribution in [0.15, 0.2) is 41.3 Å². The van der Waals surface area contributed by atoms with E-state index in [9.17, 15) is 9.90 Å². The lowest BCUT2D eigenvalue weighted by Gasteiger charge is -2.32. The fourth-order valence-electron chi connectivity index (χ4n) is 4.48. The Morgan fingerprint density at radius 2 is 2.15 bits per heavy atom. The second-order valence-corrected chi connectivity index (χ2v) is 8.49. The summed E-state index contributed by atoms with van der Waals surface area (Å²) in [7, 11) is 0. The normalized spacial score (nSPS) is 17.4. The Labute approximate surface area is 197 Å². The van der Waals surface area contributed by atoms with Gasteiger partial charge in [-0.2, -0.15) is 4.98 Å². The molecule has 5 rings (SSSR count). The average molecular weight is 465 g/mol. The van der Waals surface area contributed by atoms with Crippen molar-refractivity contribution in [3.63, 3.8) is 0 Å². The molecule has 0 bridgehead atoms. The van der Waals surface area contributed by atoms with Crippen LogP contribution in [0.3, 0.4) is 0 Å². The van der Waals surface area contributed by atoms with E-state index < -0.39 is 6.09 Å². The lowest BCUT2D eigenvalue weighted by molar-refractivity contribution is 0.115. The van der Waals surface area contributed by atoms with Crippen LogP contribution in [-0.4, -0.2) is 63.4 Å². The zero-order chi connectivity index (χ0) is 23.5. The van der Waals surface area contributed by atoms with Gasteiger partial charge in [0.1, 0.15) is 5.82 Å². The number of nitrogens with one attached hydrogen (secondary N) is 1. The van der Waals surface area contributed by atoms with Crippen LogP contribution >= 0.6 is 0 Å². The fraction of sp³-hybridized carbons (Fsp3) is 0.417. The summed E-state index contributed by atoms with van der Waals surface area (Å²) in [5.74, 6) is 1.97. The number of hydrogen-bond acceptors (Lipinski definition) is 8. The quantitative estimate of drug-likeness (QED) is 0.536. The lowest BCUT2D eigenvalue weighted by atomic mass is 10.1. The number of fused-ring (bicyclic) bond motifs is 1. The van der Waals surface area contributed by atoms with Crippen molar-refractivity contribution in [1.29, 1.82) is 0 Å². The van der Waals surface area contributed by atoms with Gasteiger partial charge in [0.15, 0.2) is 12.2 Å². The topological polar surface area (TPSA) is 117 Å². The van der Waals surface area contributed by atoms with Gasteiger partial charge in [0.05, 0.1) is 24.5 Å². The summed E-state index contributed by atoms with van der Waals surface area (Å²) in [5.41, 5.74) is 3.53. The van der Waals surface area contributed by atoms with E-state index in [2.05, 4.69) is 22.1 Å². The van der Waals surface area contributed by atoms with Gasteiger partial charge in [-0.05, 0) is 44.0 Å². The molecular formula is C24H28N6O4. The highest BCUT2D eigenvalue weighted by atomic mass is 16.5. The van der Waals surface area contributed by atoms with E-state index in [4.69, 9.17) is 19.1 Å². The summed E-state index contributed by atoms with van der Waals surface area (Å²) < 4.78 is 11.2. The summed E-state index contributed by atoms with van der Waals surface area (Å²) in [6.45, 7) is 5.03. The third-order valence-corrected chi connectivity index (χ3v) is 6.30. The zero-order valence-electron chi connectivity index (χ0n) is 19.1. The Hall–Kier alpha value is -3.66. The van der Waals surface area contributed by atoms with Crippen LogP contribution in [-0.2, 0) is 17.7 Å². The van der Waals surface area contributed by atoms with Crippen LogP contribution in [0.1, 0.15) is 31.0 Å². The van der Waals surface area contributed by atoms with E-state index in [1.807, 2.05) is 24.3 Å². The molecule has 0 radical (unpaired) electrons. The van der Waals surface area contributed by atoms with E-state index in [0.29, 0.717) is 24.7 Å². The van der Waals surface area contributed by atoms with Crippen molar-refractivity contribution in [3.05, 3.63) is 48.1 Å². The van der Waals surface area contributed by atoms with Crippen molar-refractivity contribution in [2.24, 2.45) is 0 Å². The molecule has 10 heteroatoms. The largest absolute Gasteiger partial charge is 0.465 e. The number of amides is 1. The smallest absolute Gasteiger partial charge is 0.407 e. The maximum Gasteiger partial charge on any atom is 0.407 e. The molecule has 3 aromatic rings. The second-order valence-electron chi connectivity index (χ2n) is 8.49. The summed E-state index contributed by atoms with van der Waals surface area (Å²) in [5, 5.41) is 12.9. The molecule has 2 aliphatic heterocycles. The number of anilines is 3. The van der Waals surface area contributed by atoms with E-state index in [1.165, 1.54) is 11.3 Å². The molecule has 10 nitrogen and oxygen atoms in total. The first-order valence-corrected chi connectivity index (χ1v) is 11.6. The molecule has 2 aromatic heterocycles. The molecule has 1 saturated heterocycles. The molecule has 1 amide bonds. The van der Waals surface area contributed by atoms with E-state index in [1.54, 1.807) is 6.20 Å². The van der Waals surface area contributed by atoms with Gasteiger partial charge in [-0.25, -0.2) is 14.8 Å². The summed E-state index contributed by atoms with van der Waals surface area (Å²) >= 11 is 0. The van der Waals surface area contributed by atoms with Crippen molar-refractivity contribution in [2.75, 3.05) is 36.5 Å². The summed E-state index contributed by atoms with van der Waals surface area (Å²) in [6.07, 6.45) is 4.95. The molecule has 2 N–H and O–H groups in total. The van der Waals surface area contributed by atoms with E-state index >= 15 is 0 Å². The molecule has 1 aromatic carbocycles. The molecule has 178 valence electrons. The van der Waals surface area contributed by atoms with Crippen molar-refractivity contribution in [1.82, 2.24) is 19.9 Å². The number of oxazole rings is 1. The number of aromatic nitrogens is 3. The number of benzene rings is 1. The van der Waals surface area contributed by atoms with Crippen LogP contribution in [0.2, 0.25) is 0 Å². The predicted octanol–water partition coefficient (Wildman–Crippen LogP) is 3.92. The molecule has 1 unspecified atom stereocenters. The van der Waals surface area contributed by atoms with Gasteiger partial charge in [0, 0.05) is 49.5 Å². The van der Waals surface area contributed by atoms with Gasteiger partial charge in [-0.1, -0.05) is 0 Å². The number of carboxylic acid groups (broad SMARTS) is 1. The Balaban J connectivity index is 1.44. The predicted molar refractivity (Wildman–Crippen MR) is 126 cm³/mol. The van der Waals surface area contributed by atoms with E-state index in [-0.39, 0.29) is 12.6 Å². The monoisotopic (exact) mass is 464 g/mol. The minimum atomic E-state index is -0.923. The van der Waals surface area contributed by atoms with Crippen LogP contribution in [0.4, 0.5) is 22.2 Å². The Morgan fingerprint density at radius 3 is 2.82 bits per heavy atom. The molecule has 4 heterocycles. The standard InChI is InChI=1S/C24H28N6O4/c1-2-29(13-18-4-3-11-33-18)22-19-14-30(24(31)32)10-9-20(19)27-23(28-22)26-17-7-5-16(6-8-17)21-12-25-15-34-21/h5-8,12,15,18H,2-4,9-11,13-14H2,1H3,(H,31,32)(H,26,27,28). The number of ether oxygens (including phenoxy) is 1. The molecular weight excluding hydrogens is 436 g/mol. The Bertz CT molecular complexity index is 1130. The van der Waals surface area contributed by atoms with Crippen molar-refractivity contribution in [3.8, 4) is 11.3 Å². The molecule has 1 fully saturated rings. The highest BCUT2D eigenvalue weighted by Gasteiger charge is 2.29. The molecule has 0 spiro atoms. The first kappa shape index (κ1) is 22.1. The molecule has 2 aliphatic rings. The van der Waals surface area contributed by atoms with E-state index in [0.717, 1.165) is 60.9 Å². The van der Waals surface area contributed by atoms with Crippen molar-refractivity contribution < 1.29 is 19.1 Å². The molecule has 1 atom stereocenters. The first-order chi connectivity index (χ1) is 16.6. The first-order valence-electron chi connectivity index (χ1n) is 11.6. The van der Waals surface area contributed by atoms with Crippen LogP contribution in [0, 0.1) is 0 Å². The number of rotatable bonds is 7. The van der Waals surface area contributed by atoms with Gasteiger partial charge in [-0.15, -0.1) is 0 Å². The average Bonchev–Trinajstić information content (AvgIpc) is 3.57. The minimum Gasteiger partial charge on any atom is -0.465 e. The Morgan fingerprint density at radius 1 is 1.29 bits per heavy atom. The number of nitrogens with zero attached hydrogens (tertiary/aromatic N) is 5. The number of carbonyl (C=O) groups is 1. The summed E-state index contributed by atoms with van der Waals surface area (Å²) in [4.78, 5) is 28.8. The maximum absolute atomic E-state index is 11.6. The lowest BCUT2D eigenvalue weighted by Crippen LogP contribution is -2.39. The van der Waals surface area contributed by atoms with Gasteiger partial charge in [0.25, 0.3) is 0 Å². The maximum atomic E-state index is 11.6. The zero-order valence-corrected chi connectivity index (χ0v) is 19.1. The van der Waals surface area contributed by atoms with Gasteiger partial charge in [-0.3, -0.25) is 0 Å². The minimum absolute atomic E-state index is 0.157. The number of hydrogen-bond donors (Lipinski definition) is 2. The highest BCUT2D eigenvalue weighted by molar-refractivity contribution is 5.67. The fourth-order valence-corrected chi connectivity index (χ4v) is 4.48. The third-order valence-electron chi connectivity index (χ3n) is 6.30. The second kappa shape index (κ2) is 9.68. The van der Waals surface area contributed by atoms with Crippen LogP contribution < -0.4 is 10.2 Å². The number of likely N-dealkylation sites (N-methyl/N-ethyl adjacent to an activating group) is 1. The molecule has 0 saturated carbocycles. The van der Waals surface area contributed by atoms with Crippen LogP contribution in [0.25, 0.3) is 11.3 Å². The SMILES string of the molecule is CCN(CC1CCCO1)c1nc(Nc2ccc(-c3cnco3)cc2)nc2c1CN(C(=O)O)CC2. The highest BCUT2D eigenvalue weighted by Crippen LogP contribution is 2.30. The molecule has 34 heavy (non-hydrogen) atoms. The van der Waals surface area contributed by atoms with Crippen molar-refractivity contribution >= 4 is 23.5 Å². The van der Waals surface area contributed by atoms with Gasteiger partial charge >= 0.3 is 6.09 Å².